The average molecular weight is 290 g/mol. The molecule has 2 unspecified atom stereocenters. The molecular formula is C16H26N4O. The van der Waals surface area contributed by atoms with Gasteiger partial charge >= 0.3 is 0 Å². The van der Waals surface area contributed by atoms with E-state index in [9.17, 15) is 4.79 Å². The zero-order valence-electron chi connectivity index (χ0n) is 13.5. The maximum Gasteiger partial charge on any atom is 0.270 e. The number of aryl methyl sites for hydroxylation is 1. The van der Waals surface area contributed by atoms with Gasteiger partial charge in [0.15, 0.2) is 0 Å². The first-order valence-electron chi connectivity index (χ1n) is 7.91. The van der Waals surface area contributed by atoms with Crippen LogP contribution < -0.4 is 10.2 Å². The first kappa shape index (κ1) is 15.7. The van der Waals surface area contributed by atoms with Gasteiger partial charge < -0.3 is 10.2 Å². The Bertz CT molecular complexity index is 503. The van der Waals surface area contributed by atoms with Crippen molar-refractivity contribution in [2.45, 2.75) is 53.0 Å². The lowest BCUT2D eigenvalue weighted by atomic mass is 10.0. The van der Waals surface area contributed by atoms with Crippen LogP contribution >= 0.6 is 0 Å². The fraction of sp³-hybridized carbons (Fsp3) is 0.688. The maximum atomic E-state index is 12.2. The molecule has 1 aliphatic rings. The Morgan fingerprint density at radius 1 is 1.52 bits per heavy atom. The van der Waals surface area contributed by atoms with Gasteiger partial charge in [-0.2, -0.15) is 0 Å². The van der Waals surface area contributed by atoms with Gasteiger partial charge in [0.2, 0.25) is 5.95 Å². The Labute approximate surface area is 127 Å². The van der Waals surface area contributed by atoms with Crippen LogP contribution in [0.4, 0.5) is 5.95 Å². The van der Waals surface area contributed by atoms with Gasteiger partial charge in [-0.3, -0.25) is 4.79 Å². The lowest BCUT2D eigenvalue weighted by Gasteiger charge is -2.31. The number of amides is 1. The smallest absolute Gasteiger partial charge is 0.270 e. The maximum absolute atomic E-state index is 12.2. The van der Waals surface area contributed by atoms with Gasteiger partial charge in [-0.1, -0.05) is 13.8 Å². The van der Waals surface area contributed by atoms with Gasteiger partial charge in [0.05, 0.1) is 0 Å². The van der Waals surface area contributed by atoms with Crippen molar-refractivity contribution in [1.82, 2.24) is 15.3 Å². The molecule has 5 heteroatoms. The lowest BCUT2D eigenvalue weighted by Crippen LogP contribution is -2.37. The van der Waals surface area contributed by atoms with Crippen LogP contribution in [0.25, 0.3) is 0 Å². The molecule has 0 saturated carbocycles. The van der Waals surface area contributed by atoms with E-state index in [1.165, 1.54) is 6.42 Å². The number of aromatic nitrogens is 2. The normalized spacial score (nSPS) is 20.2. The Morgan fingerprint density at radius 2 is 2.29 bits per heavy atom. The Balaban J connectivity index is 2.18. The summed E-state index contributed by atoms with van der Waals surface area (Å²) in [5, 5.41) is 2.96. The van der Waals surface area contributed by atoms with Crippen molar-refractivity contribution in [1.29, 1.82) is 0 Å². The molecule has 1 saturated heterocycles. The van der Waals surface area contributed by atoms with E-state index in [0.29, 0.717) is 17.6 Å². The van der Waals surface area contributed by atoms with Crippen LogP contribution in [0.15, 0.2) is 6.07 Å². The van der Waals surface area contributed by atoms with Crippen LogP contribution in [0, 0.1) is 12.8 Å². The highest BCUT2D eigenvalue weighted by atomic mass is 16.1. The quantitative estimate of drug-likeness (QED) is 0.926. The molecule has 21 heavy (non-hydrogen) atoms. The van der Waals surface area contributed by atoms with E-state index >= 15 is 0 Å². The molecule has 5 nitrogen and oxygen atoms in total. The molecule has 1 fully saturated rings. The zero-order valence-corrected chi connectivity index (χ0v) is 13.5. The predicted molar refractivity (Wildman–Crippen MR) is 84.6 cm³/mol. The minimum atomic E-state index is -0.110. The van der Waals surface area contributed by atoms with E-state index < -0.39 is 0 Å². The molecular weight excluding hydrogens is 264 g/mol. The average Bonchev–Trinajstić information content (AvgIpc) is 2.46. The van der Waals surface area contributed by atoms with E-state index in [0.717, 1.165) is 31.6 Å². The van der Waals surface area contributed by atoms with Crippen LogP contribution in [0.3, 0.4) is 0 Å². The third kappa shape index (κ3) is 4.16. The summed E-state index contributed by atoms with van der Waals surface area (Å²) in [6.07, 6.45) is 3.32. The number of rotatable bonds is 4. The van der Waals surface area contributed by atoms with Crippen LogP contribution in [-0.2, 0) is 0 Å². The number of hydrogen-bond donors (Lipinski definition) is 1. The van der Waals surface area contributed by atoms with Gasteiger partial charge in [-0.25, -0.2) is 9.97 Å². The molecule has 2 rings (SSSR count). The first-order chi connectivity index (χ1) is 9.99. The van der Waals surface area contributed by atoms with Crippen molar-refractivity contribution >= 4 is 11.9 Å². The van der Waals surface area contributed by atoms with Crippen LogP contribution in [-0.4, -0.2) is 35.0 Å². The van der Waals surface area contributed by atoms with E-state index in [1.54, 1.807) is 6.07 Å². The number of nitrogens with one attached hydrogen (secondary N) is 1. The summed E-state index contributed by atoms with van der Waals surface area (Å²) in [7, 11) is 0. The summed E-state index contributed by atoms with van der Waals surface area (Å²) in [5.74, 6) is 1.23. The molecule has 1 aromatic heterocycles. The molecule has 0 bridgehead atoms. The number of hydrogen-bond acceptors (Lipinski definition) is 4. The van der Waals surface area contributed by atoms with E-state index in [4.69, 9.17) is 0 Å². The first-order valence-corrected chi connectivity index (χ1v) is 7.91. The van der Waals surface area contributed by atoms with E-state index in [2.05, 4.69) is 34.0 Å². The third-order valence-electron chi connectivity index (χ3n) is 4.00. The van der Waals surface area contributed by atoms with Crippen molar-refractivity contribution in [3.63, 3.8) is 0 Å². The van der Waals surface area contributed by atoms with Gasteiger partial charge in [-0.15, -0.1) is 0 Å². The van der Waals surface area contributed by atoms with Crippen molar-refractivity contribution in [3.8, 4) is 0 Å². The van der Waals surface area contributed by atoms with Crippen LogP contribution in [0.1, 0.15) is 56.2 Å². The Morgan fingerprint density at radius 3 is 2.95 bits per heavy atom. The number of carbonyl (C=O) groups is 1. The monoisotopic (exact) mass is 290 g/mol. The van der Waals surface area contributed by atoms with Crippen LogP contribution in [0.2, 0.25) is 0 Å². The largest absolute Gasteiger partial charge is 0.348 e. The van der Waals surface area contributed by atoms with Gasteiger partial charge in [0.1, 0.15) is 5.69 Å². The third-order valence-corrected chi connectivity index (χ3v) is 4.00. The molecule has 116 valence electrons. The highest BCUT2D eigenvalue weighted by Crippen LogP contribution is 2.20. The second-order valence-corrected chi connectivity index (χ2v) is 6.17. The predicted octanol–water partition coefficient (Wildman–Crippen LogP) is 2.55. The van der Waals surface area contributed by atoms with Gasteiger partial charge in [0.25, 0.3) is 5.91 Å². The Kier molecular flexibility index (Phi) is 5.15. The van der Waals surface area contributed by atoms with Crippen molar-refractivity contribution < 1.29 is 4.79 Å². The van der Waals surface area contributed by atoms with E-state index in [1.807, 2.05) is 13.8 Å². The molecule has 1 aromatic rings. The molecule has 1 amide bonds. The number of nitrogens with zero attached hydrogens (tertiary/aromatic N) is 3. The second-order valence-electron chi connectivity index (χ2n) is 6.17. The van der Waals surface area contributed by atoms with Gasteiger partial charge in [0, 0.05) is 24.8 Å². The summed E-state index contributed by atoms with van der Waals surface area (Å²) in [5.41, 5.74) is 1.31. The standard InChI is InChI=1S/C16H26N4O/c1-5-12(3)17-15(21)14-9-13(4)18-16(19-14)20-8-6-7-11(2)10-20/h9,11-12H,5-8,10H2,1-4H3,(H,17,21). The van der Waals surface area contributed by atoms with Gasteiger partial charge in [-0.05, 0) is 45.1 Å². The summed E-state index contributed by atoms with van der Waals surface area (Å²) >= 11 is 0. The fourth-order valence-electron chi connectivity index (χ4n) is 2.58. The molecule has 2 heterocycles. The van der Waals surface area contributed by atoms with Crippen molar-refractivity contribution in [3.05, 3.63) is 17.5 Å². The summed E-state index contributed by atoms with van der Waals surface area (Å²) in [6.45, 7) is 10.2. The molecule has 1 N–H and O–H groups in total. The topological polar surface area (TPSA) is 58.1 Å². The van der Waals surface area contributed by atoms with Crippen molar-refractivity contribution in [2.24, 2.45) is 5.92 Å². The minimum absolute atomic E-state index is 0.110. The molecule has 0 spiro atoms. The fourth-order valence-corrected chi connectivity index (χ4v) is 2.58. The summed E-state index contributed by atoms with van der Waals surface area (Å²) in [6, 6.07) is 1.92. The molecule has 1 aliphatic heterocycles. The van der Waals surface area contributed by atoms with E-state index in [-0.39, 0.29) is 11.9 Å². The molecule has 0 aliphatic carbocycles. The van der Waals surface area contributed by atoms with Crippen LogP contribution in [0.5, 0.6) is 0 Å². The molecule has 2 atom stereocenters. The number of anilines is 1. The SMILES string of the molecule is CCC(C)NC(=O)c1cc(C)nc(N2CCCC(C)C2)n1. The Hall–Kier alpha value is -1.65. The summed E-state index contributed by atoms with van der Waals surface area (Å²) < 4.78 is 0. The highest BCUT2D eigenvalue weighted by Gasteiger charge is 2.20. The lowest BCUT2D eigenvalue weighted by molar-refractivity contribution is 0.0934. The highest BCUT2D eigenvalue weighted by molar-refractivity contribution is 5.92. The van der Waals surface area contributed by atoms with Crippen molar-refractivity contribution in [2.75, 3.05) is 18.0 Å². The zero-order chi connectivity index (χ0) is 15.4. The number of carbonyl (C=O) groups excluding carboxylic acids is 1. The molecule has 0 radical (unpaired) electrons. The minimum Gasteiger partial charge on any atom is -0.348 e. The molecule has 0 aromatic carbocycles. The summed E-state index contributed by atoms with van der Waals surface area (Å²) in [4.78, 5) is 23.4. The second kappa shape index (κ2) is 6.87. The number of piperidine rings is 1.